The van der Waals surface area contributed by atoms with E-state index in [4.69, 9.17) is 19.6 Å². The van der Waals surface area contributed by atoms with Crippen LogP contribution < -0.4 is 20.5 Å². The highest BCUT2D eigenvalue weighted by Gasteiger charge is 2.17. The SMILES string of the molecule is Nc1ccccc1-c1nc(C(=O)Nc2ccc3c(c2)OCO3)co1. The number of hydrogen-bond donors (Lipinski definition) is 2. The van der Waals surface area contributed by atoms with Crippen molar-refractivity contribution in [2.24, 2.45) is 0 Å². The van der Waals surface area contributed by atoms with Gasteiger partial charge in [-0.15, -0.1) is 0 Å². The lowest BCUT2D eigenvalue weighted by atomic mass is 10.2. The summed E-state index contributed by atoms with van der Waals surface area (Å²) in [7, 11) is 0. The van der Waals surface area contributed by atoms with Gasteiger partial charge < -0.3 is 24.9 Å². The molecule has 3 aromatic rings. The molecular formula is C17H13N3O4. The van der Waals surface area contributed by atoms with E-state index in [2.05, 4.69) is 10.3 Å². The minimum atomic E-state index is -0.390. The normalized spacial score (nSPS) is 12.2. The van der Waals surface area contributed by atoms with Crippen molar-refractivity contribution in [3.8, 4) is 23.0 Å². The number of para-hydroxylation sites is 1. The van der Waals surface area contributed by atoms with Gasteiger partial charge >= 0.3 is 0 Å². The van der Waals surface area contributed by atoms with E-state index in [0.29, 0.717) is 34.3 Å². The predicted octanol–water partition coefficient (Wildman–Crippen LogP) is 2.90. The molecule has 0 aliphatic carbocycles. The number of ether oxygens (including phenoxy) is 2. The maximum atomic E-state index is 12.3. The minimum absolute atomic E-state index is 0.158. The number of fused-ring (bicyclic) bond motifs is 1. The Labute approximate surface area is 137 Å². The third-order valence-corrected chi connectivity index (χ3v) is 3.56. The standard InChI is InChI=1S/C17H13N3O4/c18-12-4-2-1-3-11(12)17-20-13(8-22-17)16(21)19-10-5-6-14-15(7-10)24-9-23-14/h1-8H,9,18H2,(H,19,21). The molecule has 0 radical (unpaired) electrons. The maximum absolute atomic E-state index is 12.3. The van der Waals surface area contributed by atoms with Gasteiger partial charge in [0.05, 0.1) is 5.56 Å². The maximum Gasteiger partial charge on any atom is 0.277 e. The van der Waals surface area contributed by atoms with Crippen LogP contribution in [-0.4, -0.2) is 17.7 Å². The topological polar surface area (TPSA) is 99.6 Å². The van der Waals surface area contributed by atoms with Gasteiger partial charge in [0.15, 0.2) is 17.2 Å². The summed E-state index contributed by atoms with van der Waals surface area (Å²) in [5.74, 6) is 1.14. The number of carbonyl (C=O) groups is 1. The number of amides is 1. The number of nitrogens with one attached hydrogen (secondary N) is 1. The van der Waals surface area contributed by atoms with E-state index in [1.807, 2.05) is 12.1 Å². The second kappa shape index (κ2) is 5.62. The molecule has 0 saturated carbocycles. The largest absolute Gasteiger partial charge is 0.454 e. The summed E-state index contributed by atoms with van der Waals surface area (Å²) in [5.41, 5.74) is 7.79. The van der Waals surface area contributed by atoms with Gasteiger partial charge in [0, 0.05) is 17.4 Å². The number of nitrogens with two attached hydrogens (primary N) is 1. The highest BCUT2D eigenvalue weighted by atomic mass is 16.7. The van der Waals surface area contributed by atoms with Crippen LogP contribution in [0, 0.1) is 0 Å². The van der Waals surface area contributed by atoms with Gasteiger partial charge in [-0.25, -0.2) is 4.98 Å². The summed E-state index contributed by atoms with van der Waals surface area (Å²) in [6, 6.07) is 12.3. The Morgan fingerprint density at radius 1 is 1.12 bits per heavy atom. The summed E-state index contributed by atoms with van der Waals surface area (Å²) >= 11 is 0. The molecule has 2 aromatic carbocycles. The number of oxazole rings is 1. The summed E-state index contributed by atoms with van der Waals surface area (Å²) in [6.45, 7) is 0.178. The molecule has 120 valence electrons. The molecule has 2 heterocycles. The molecule has 24 heavy (non-hydrogen) atoms. The molecule has 1 aliphatic heterocycles. The van der Waals surface area contributed by atoms with Crippen LogP contribution in [0.25, 0.3) is 11.5 Å². The van der Waals surface area contributed by atoms with Crippen LogP contribution in [0.4, 0.5) is 11.4 Å². The third-order valence-electron chi connectivity index (χ3n) is 3.56. The van der Waals surface area contributed by atoms with Crippen molar-refractivity contribution in [2.75, 3.05) is 17.8 Å². The molecular weight excluding hydrogens is 310 g/mol. The van der Waals surface area contributed by atoms with Crippen LogP contribution in [0.5, 0.6) is 11.5 Å². The number of nitrogen functional groups attached to an aromatic ring is 1. The number of benzene rings is 2. The average Bonchev–Trinajstić information content (AvgIpc) is 3.24. The molecule has 4 rings (SSSR count). The molecule has 0 unspecified atom stereocenters. The van der Waals surface area contributed by atoms with Gasteiger partial charge in [0.2, 0.25) is 12.7 Å². The Morgan fingerprint density at radius 2 is 1.96 bits per heavy atom. The zero-order chi connectivity index (χ0) is 16.5. The molecule has 1 amide bonds. The molecule has 1 aromatic heterocycles. The lowest BCUT2D eigenvalue weighted by molar-refractivity contribution is 0.102. The monoisotopic (exact) mass is 323 g/mol. The number of carbonyl (C=O) groups excluding carboxylic acids is 1. The molecule has 7 heteroatoms. The Bertz CT molecular complexity index is 920. The molecule has 0 atom stereocenters. The molecule has 0 bridgehead atoms. The number of rotatable bonds is 3. The highest BCUT2D eigenvalue weighted by molar-refractivity contribution is 6.03. The van der Waals surface area contributed by atoms with Gasteiger partial charge in [-0.3, -0.25) is 4.79 Å². The van der Waals surface area contributed by atoms with E-state index >= 15 is 0 Å². The van der Waals surface area contributed by atoms with Crippen LogP contribution in [0.1, 0.15) is 10.5 Å². The Balaban J connectivity index is 1.54. The number of aromatic nitrogens is 1. The van der Waals surface area contributed by atoms with Crippen molar-refractivity contribution < 1.29 is 18.7 Å². The lowest BCUT2D eigenvalue weighted by Gasteiger charge is -2.04. The molecule has 1 aliphatic rings. The molecule has 7 nitrogen and oxygen atoms in total. The number of nitrogens with zero attached hydrogens (tertiary/aromatic N) is 1. The van der Waals surface area contributed by atoms with Crippen molar-refractivity contribution >= 4 is 17.3 Å². The molecule has 0 fully saturated rings. The van der Waals surface area contributed by atoms with Crippen molar-refractivity contribution in [3.63, 3.8) is 0 Å². The van der Waals surface area contributed by atoms with Crippen LogP contribution in [0.15, 0.2) is 53.1 Å². The highest BCUT2D eigenvalue weighted by Crippen LogP contribution is 2.34. The predicted molar refractivity (Wildman–Crippen MR) is 86.9 cm³/mol. The summed E-state index contributed by atoms with van der Waals surface area (Å²) in [4.78, 5) is 16.5. The zero-order valence-corrected chi connectivity index (χ0v) is 12.5. The van der Waals surface area contributed by atoms with Gasteiger partial charge in [0.1, 0.15) is 6.26 Å². The van der Waals surface area contributed by atoms with E-state index in [1.165, 1.54) is 6.26 Å². The molecule has 0 spiro atoms. The third kappa shape index (κ3) is 2.52. The van der Waals surface area contributed by atoms with E-state index in [-0.39, 0.29) is 12.5 Å². The second-order valence-corrected chi connectivity index (χ2v) is 5.15. The Hall–Kier alpha value is -3.48. The molecule has 3 N–H and O–H groups in total. The van der Waals surface area contributed by atoms with E-state index in [9.17, 15) is 4.79 Å². The quantitative estimate of drug-likeness (QED) is 0.719. The van der Waals surface area contributed by atoms with Crippen LogP contribution in [-0.2, 0) is 0 Å². The zero-order valence-electron chi connectivity index (χ0n) is 12.5. The number of anilines is 2. The average molecular weight is 323 g/mol. The second-order valence-electron chi connectivity index (χ2n) is 5.15. The summed E-state index contributed by atoms with van der Waals surface area (Å²) in [6.07, 6.45) is 1.30. The minimum Gasteiger partial charge on any atom is -0.454 e. The Morgan fingerprint density at radius 3 is 2.83 bits per heavy atom. The van der Waals surface area contributed by atoms with Gasteiger partial charge in [0.25, 0.3) is 5.91 Å². The smallest absolute Gasteiger partial charge is 0.277 e. The van der Waals surface area contributed by atoms with Crippen molar-refractivity contribution in [3.05, 3.63) is 54.4 Å². The van der Waals surface area contributed by atoms with Gasteiger partial charge in [-0.05, 0) is 24.3 Å². The lowest BCUT2D eigenvalue weighted by Crippen LogP contribution is -2.12. The fraction of sp³-hybridized carbons (Fsp3) is 0.0588. The fourth-order valence-electron chi connectivity index (χ4n) is 2.36. The fourth-order valence-corrected chi connectivity index (χ4v) is 2.36. The Kier molecular flexibility index (Phi) is 3.31. The number of hydrogen-bond acceptors (Lipinski definition) is 6. The van der Waals surface area contributed by atoms with E-state index in [1.54, 1.807) is 30.3 Å². The van der Waals surface area contributed by atoms with E-state index in [0.717, 1.165) is 0 Å². The first-order valence-corrected chi connectivity index (χ1v) is 7.22. The first-order valence-electron chi connectivity index (χ1n) is 7.22. The van der Waals surface area contributed by atoms with Gasteiger partial charge in [-0.1, -0.05) is 12.1 Å². The first kappa shape index (κ1) is 14.1. The van der Waals surface area contributed by atoms with Crippen LogP contribution >= 0.6 is 0 Å². The summed E-state index contributed by atoms with van der Waals surface area (Å²) < 4.78 is 15.9. The van der Waals surface area contributed by atoms with Crippen molar-refractivity contribution in [1.82, 2.24) is 4.98 Å². The van der Waals surface area contributed by atoms with E-state index < -0.39 is 5.91 Å². The van der Waals surface area contributed by atoms with Crippen molar-refractivity contribution in [1.29, 1.82) is 0 Å². The summed E-state index contributed by atoms with van der Waals surface area (Å²) in [5, 5.41) is 2.74. The van der Waals surface area contributed by atoms with Crippen molar-refractivity contribution in [2.45, 2.75) is 0 Å². The first-order chi connectivity index (χ1) is 11.7. The molecule has 0 saturated heterocycles. The van der Waals surface area contributed by atoms with Crippen LogP contribution in [0.3, 0.4) is 0 Å². The van der Waals surface area contributed by atoms with Gasteiger partial charge in [-0.2, -0.15) is 0 Å². The van der Waals surface area contributed by atoms with Crippen LogP contribution in [0.2, 0.25) is 0 Å².